The molecule has 130 valence electrons. The van der Waals surface area contributed by atoms with Crippen LogP contribution in [0.3, 0.4) is 0 Å². The Kier molecular flexibility index (Phi) is 6.85. The number of nitrogens with zero attached hydrogens (tertiary/aromatic N) is 4. The lowest BCUT2D eigenvalue weighted by atomic mass is 10.1. The molecule has 2 heterocycles. The smallest absolute Gasteiger partial charge is 0.317 e. The van der Waals surface area contributed by atoms with E-state index in [1.165, 1.54) is 0 Å². The third kappa shape index (κ3) is 5.21. The summed E-state index contributed by atoms with van der Waals surface area (Å²) in [4.78, 5) is 20.7. The van der Waals surface area contributed by atoms with Gasteiger partial charge < -0.3 is 24.4 Å². The SMILES string of the molecule is COCCn1cncc1CNC(=O)N1CCC[C@H](N(C)C)CC1. The van der Waals surface area contributed by atoms with Crippen LogP contribution in [0.2, 0.25) is 0 Å². The van der Waals surface area contributed by atoms with Crippen LogP contribution in [-0.2, 0) is 17.8 Å². The number of nitrogens with one attached hydrogen (secondary N) is 1. The number of likely N-dealkylation sites (tertiary alicyclic amines) is 1. The molecule has 0 saturated carbocycles. The van der Waals surface area contributed by atoms with Gasteiger partial charge in [-0.2, -0.15) is 0 Å². The fourth-order valence-electron chi connectivity index (χ4n) is 2.96. The summed E-state index contributed by atoms with van der Waals surface area (Å²) in [5, 5.41) is 3.02. The van der Waals surface area contributed by atoms with Crippen LogP contribution in [0.1, 0.15) is 25.0 Å². The van der Waals surface area contributed by atoms with E-state index in [-0.39, 0.29) is 6.03 Å². The second-order valence-electron chi connectivity index (χ2n) is 6.27. The average Bonchev–Trinajstić information content (AvgIpc) is 2.82. The van der Waals surface area contributed by atoms with Gasteiger partial charge in [0.15, 0.2) is 0 Å². The van der Waals surface area contributed by atoms with Crippen molar-refractivity contribution in [1.82, 2.24) is 24.7 Å². The highest BCUT2D eigenvalue weighted by molar-refractivity contribution is 5.74. The van der Waals surface area contributed by atoms with Gasteiger partial charge in [-0.05, 0) is 33.4 Å². The molecular weight excluding hydrogens is 294 g/mol. The van der Waals surface area contributed by atoms with Gasteiger partial charge in [0, 0.05) is 39.0 Å². The van der Waals surface area contributed by atoms with Gasteiger partial charge in [-0.25, -0.2) is 9.78 Å². The molecule has 0 unspecified atom stereocenters. The highest BCUT2D eigenvalue weighted by Crippen LogP contribution is 2.14. The molecule has 0 radical (unpaired) electrons. The maximum absolute atomic E-state index is 12.4. The number of rotatable bonds is 6. The Morgan fingerprint density at radius 3 is 3.00 bits per heavy atom. The zero-order valence-electron chi connectivity index (χ0n) is 14.5. The second-order valence-corrected chi connectivity index (χ2v) is 6.27. The van der Waals surface area contributed by atoms with Crippen molar-refractivity contribution in [2.45, 2.75) is 38.4 Å². The van der Waals surface area contributed by atoms with Crippen molar-refractivity contribution in [3.05, 3.63) is 18.2 Å². The summed E-state index contributed by atoms with van der Waals surface area (Å²) in [7, 11) is 5.90. The van der Waals surface area contributed by atoms with E-state index in [1.807, 2.05) is 9.47 Å². The fraction of sp³-hybridized carbons (Fsp3) is 0.750. The van der Waals surface area contributed by atoms with Crippen LogP contribution < -0.4 is 5.32 Å². The van der Waals surface area contributed by atoms with E-state index in [2.05, 4.69) is 29.3 Å². The van der Waals surface area contributed by atoms with Gasteiger partial charge in [-0.1, -0.05) is 0 Å². The Hall–Kier alpha value is -1.60. The standard InChI is InChI=1S/C16H29N5O2/c1-19(2)14-5-4-7-20(8-6-14)16(22)18-12-15-11-17-13-21(15)9-10-23-3/h11,13-14H,4-10,12H2,1-3H3,(H,18,22)/t14-/m0/s1. The number of carbonyl (C=O) groups excluding carboxylic acids is 1. The van der Waals surface area contributed by atoms with Crippen molar-refractivity contribution in [2.24, 2.45) is 0 Å². The third-order valence-corrected chi connectivity index (χ3v) is 4.47. The van der Waals surface area contributed by atoms with E-state index >= 15 is 0 Å². The van der Waals surface area contributed by atoms with E-state index in [0.29, 0.717) is 19.2 Å². The number of hydrogen-bond acceptors (Lipinski definition) is 4. The molecule has 1 saturated heterocycles. The van der Waals surface area contributed by atoms with Crippen molar-refractivity contribution < 1.29 is 9.53 Å². The van der Waals surface area contributed by atoms with Gasteiger partial charge in [0.1, 0.15) is 0 Å². The number of ether oxygens (including phenoxy) is 1. The Morgan fingerprint density at radius 1 is 1.43 bits per heavy atom. The summed E-state index contributed by atoms with van der Waals surface area (Å²) in [5.74, 6) is 0. The molecule has 1 aromatic rings. The van der Waals surface area contributed by atoms with Gasteiger partial charge >= 0.3 is 6.03 Å². The number of urea groups is 1. The molecule has 1 fully saturated rings. The third-order valence-electron chi connectivity index (χ3n) is 4.47. The summed E-state index contributed by atoms with van der Waals surface area (Å²) in [6.07, 6.45) is 6.81. The van der Waals surface area contributed by atoms with Crippen LogP contribution in [0, 0.1) is 0 Å². The first-order chi connectivity index (χ1) is 11.1. The van der Waals surface area contributed by atoms with Gasteiger partial charge in [-0.3, -0.25) is 0 Å². The molecule has 1 atom stereocenters. The minimum absolute atomic E-state index is 0.0175. The molecular formula is C16H29N5O2. The molecule has 2 rings (SSSR count). The normalized spacial score (nSPS) is 19.0. The van der Waals surface area contributed by atoms with Crippen molar-refractivity contribution in [1.29, 1.82) is 0 Å². The highest BCUT2D eigenvalue weighted by Gasteiger charge is 2.21. The van der Waals surface area contributed by atoms with Crippen LogP contribution >= 0.6 is 0 Å². The Labute approximate surface area is 138 Å². The quantitative estimate of drug-likeness (QED) is 0.853. The zero-order valence-corrected chi connectivity index (χ0v) is 14.5. The summed E-state index contributed by atoms with van der Waals surface area (Å²) in [5.41, 5.74) is 0.997. The van der Waals surface area contributed by atoms with Gasteiger partial charge in [0.2, 0.25) is 0 Å². The molecule has 1 aliphatic rings. The number of aromatic nitrogens is 2. The first-order valence-corrected chi connectivity index (χ1v) is 8.29. The summed E-state index contributed by atoms with van der Waals surface area (Å²) >= 11 is 0. The second kappa shape index (κ2) is 8.88. The van der Waals surface area contributed by atoms with Gasteiger partial charge in [0.05, 0.1) is 25.2 Å². The molecule has 1 aromatic heterocycles. The summed E-state index contributed by atoms with van der Waals surface area (Å²) < 4.78 is 7.09. The van der Waals surface area contributed by atoms with Crippen molar-refractivity contribution >= 4 is 6.03 Å². The van der Waals surface area contributed by atoms with Gasteiger partial charge in [-0.15, -0.1) is 0 Å². The lowest BCUT2D eigenvalue weighted by molar-refractivity contribution is 0.185. The molecule has 0 aromatic carbocycles. The minimum Gasteiger partial charge on any atom is -0.383 e. The van der Waals surface area contributed by atoms with Crippen LogP contribution in [0.5, 0.6) is 0 Å². The van der Waals surface area contributed by atoms with E-state index in [0.717, 1.165) is 44.6 Å². The largest absolute Gasteiger partial charge is 0.383 e. The molecule has 1 aliphatic heterocycles. The van der Waals surface area contributed by atoms with Crippen molar-refractivity contribution in [2.75, 3.05) is 40.9 Å². The molecule has 2 amide bonds. The van der Waals surface area contributed by atoms with Gasteiger partial charge in [0.25, 0.3) is 0 Å². The molecule has 1 N–H and O–H groups in total. The summed E-state index contributed by atoms with van der Waals surface area (Å²) in [6, 6.07) is 0.590. The Morgan fingerprint density at radius 2 is 2.26 bits per heavy atom. The topological polar surface area (TPSA) is 62.6 Å². The number of imidazole rings is 1. The first-order valence-electron chi connectivity index (χ1n) is 8.29. The maximum atomic E-state index is 12.4. The van der Waals surface area contributed by atoms with Crippen LogP contribution in [0.15, 0.2) is 12.5 Å². The predicted octanol–water partition coefficient (Wildman–Crippen LogP) is 1.16. The molecule has 0 spiro atoms. The van der Waals surface area contributed by atoms with Crippen molar-refractivity contribution in [3.8, 4) is 0 Å². The monoisotopic (exact) mass is 323 g/mol. The van der Waals surface area contributed by atoms with Crippen molar-refractivity contribution in [3.63, 3.8) is 0 Å². The average molecular weight is 323 g/mol. The fourth-order valence-corrected chi connectivity index (χ4v) is 2.96. The van der Waals surface area contributed by atoms with E-state index in [4.69, 9.17) is 4.74 Å². The molecule has 7 nitrogen and oxygen atoms in total. The highest BCUT2D eigenvalue weighted by atomic mass is 16.5. The van der Waals surface area contributed by atoms with Crippen LogP contribution in [0.25, 0.3) is 0 Å². The lowest BCUT2D eigenvalue weighted by Crippen LogP contribution is -2.41. The van der Waals surface area contributed by atoms with E-state index < -0.39 is 0 Å². The minimum atomic E-state index is 0.0175. The predicted molar refractivity (Wildman–Crippen MR) is 89.2 cm³/mol. The number of carbonyl (C=O) groups is 1. The maximum Gasteiger partial charge on any atom is 0.317 e. The first kappa shape index (κ1) is 17.7. The Balaban J connectivity index is 1.81. The van der Waals surface area contributed by atoms with Crippen LogP contribution in [-0.4, -0.2) is 72.3 Å². The number of amides is 2. The van der Waals surface area contributed by atoms with E-state index in [1.54, 1.807) is 19.6 Å². The zero-order chi connectivity index (χ0) is 16.7. The number of methoxy groups -OCH3 is 1. The summed E-state index contributed by atoms with van der Waals surface area (Å²) in [6.45, 7) is 3.53. The Bertz CT molecular complexity index is 489. The van der Waals surface area contributed by atoms with E-state index in [9.17, 15) is 4.79 Å². The molecule has 0 aliphatic carbocycles. The van der Waals surface area contributed by atoms with Crippen LogP contribution in [0.4, 0.5) is 4.79 Å². The number of hydrogen-bond donors (Lipinski definition) is 1. The molecule has 0 bridgehead atoms. The molecule has 7 heteroatoms. The lowest BCUT2D eigenvalue weighted by Gasteiger charge is -2.23. The molecule has 23 heavy (non-hydrogen) atoms.